The van der Waals surface area contributed by atoms with Crippen LogP contribution in [0.5, 0.6) is 0 Å². The van der Waals surface area contributed by atoms with Crippen molar-refractivity contribution in [2.24, 2.45) is 0 Å². The number of nitrogens with one attached hydrogen (secondary N) is 1. The topological polar surface area (TPSA) is 29.1 Å². The second-order valence-corrected chi connectivity index (χ2v) is 5.46. The van der Waals surface area contributed by atoms with Crippen molar-refractivity contribution in [2.45, 2.75) is 65.3 Å². The van der Waals surface area contributed by atoms with E-state index in [1.165, 1.54) is 0 Å². The maximum Gasteiger partial charge on any atom is 0.247 e. The van der Waals surface area contributed by atoms with Crippen molar-refractivity contribution in [1.29, 1.82) is 0 Å². The minimum atomic E-state index is 0.0883. The summed E-state index contributed by atoms with van der Waals surface area (Å²) in [5, 5.41) is 4.03. The molecule has 0 heterocycles. The van der Waals surface area contributed by atoms with Crippen LogP contribution in [0.1, 0.15) is 59.3 Å². The molecule has 0 radical (unpaired) electrons. The Morgan fingerprint density at radius 2 is 1.94 bits per heavy atom. The van der Waals surface area contributed by atoms with Gasteiger partial charge in [-0.1, -0.05) is 38.3 Å². The minimum absolute atomic E-state index is 0.0883. The first-order valence-corrected chi connectivity index (χ1v) is 7.32. The largest absolute Gasteiger partial charge is 0.350 e. The average Bonchev–Trinajstić information content (AvgIpc) is 2.33. The number of halogens is 1. The molecule has 1 aliphatic carbocycles. The summed E-state index contributed by atoms with van der Waals surface area (Å²) >= 11 is 6.05. The normalized spacial score (nSPS) is 15.9. The van der Waals surface area contributed by atoms with Crippen molar-refractivity contribution >= 4 is 17.5 Å². The zero-order valence-electron chi connectivity index (χ0n) is 11.7. The van der Waals surface area contributed by atoms with E-state index >= 15 is 0 Å². The summed E-state index contributed by atoms with van der Waals surface area (Å²) in [6.45, 7) is 6.27. The molecule has 18 heavy (non-hydrogen) atoms. The zero-order chi connectivity index (χ0) is 13.5. The summed E-state index contributed by atoms with van der Waals surface area (Å²) < 4.78 is 0. The molecule has 1 N–H and O–H groups in total. The zero-order valence-corrected chi connectivity index (χ0v) is 12.4. The molecule has 0 unspecified atom stereocenters. The Labute approximate surface area is 115 Å². The molecule has 1 rings (SSSR count). The monoisotopic (exact) mass is 269 g/mol. The van der Waals surface area contributed by atoms with E-state index < -0.39 is 0 Å². The molecule has 0 aromatic heterocycles. The van der Waals surface area contributed by atoms with E-state index in [4.69, 9.17) is 11.6 Å². The highest BCUT2D eigenvalue weighted by atomic mass is 35.5. The number of carbonyl (C=O) groups is 1. The first-order chi connectivity index (χ1) is 8.58. The maximum atomic E-state index is 12.2. The van der Waals surface area contributed by atoms with Gasteiger partial charge in [0.05, 0.1) is 0 Å². The van der Waals surface area contributed by atoms with E-state index in [0.717, 1.165) is 54.7 Å². The molecule has 3 heteroatoms. The van der Waals surface area contributed by atoms with Gasteiger partial charge in [-0.15, -0.1) is 0 Å². The molecular weight excluding hydrogens is 246 g/mol. The van der Waals surface area contributed by atoms with Crippen LogP contribution in [-0.4, -0.2) is 11.9 Å². The average molecular weight is 270 g/mol. The molecule has 0 spiro atoms. The van der Waals surface area contributed by atoms with Crippen molar-refractivity contribution in [1.82, 2.24) is 5.32 Å². The first-order valence-electron chi connectivity index (χ1n) is 6.95. The first kappa shape index (κ1) is 15.3. The molecule has 0 atom stereocenters. The fourth-order valence-electron chi connectivity index (χ4n) is 2.30. The van der Waals surface area contributed by atoms with Crippen LogP contribution in [0.2, 0.25) is 0 Å². The van der Waals surface area contributed by atoms with Gasteiger partial charge in [-0.3, -0.25) is 4.79 Å². The van der Waals surface area contributed by atoms with Gasteiger partial charge >= 0.3 is 0 Å². The second kappa shape index (κ2) is 7.63. The number of rotatable bonds is 6. The predicted molar refractivity (Wildman–Crippen MR) is 77.6 cm³/mol. The smallest absolute Gasteiger partial charge is 0.247 e. The van der Waals surface area contributed by atoms with Gasteiger partial charge in [-0.2, -0.15) is 0 Å². The van der Waals surface area contributed by atoms with Crippen LogP contribution in [-0.2, 0) is 4.79 Å². The highest BCUT2D eigenvalue weighted by molar-refractivity contribution is 6.30. The van der Waals surface area contributed by atoms with Crippen LogP contribution >= 0.6 is 11.6 Å². The molecule has 0 saturated heterocycles. The number of amides is 1. The molecule has 0 aliphatic heterocycles. The van der Waals surface area contributed by atoms with Crippen LogP contribution in [0.3, 0.4) is 0 Å². The third-order valence-corrected chi connectivity index (χ3v) is 3.82. The molecule has 102 valence electrons. The van der Waals surface area contributed by atoms with Crippen LogP contribution < -0.4 is 5.32 Å². The summed E-state index contributed by atoms with van der Waals surface area (Å²) in [5.41, 5.74) is 1.89. The molecule has 1 amide bonds. The molecular formula is C15H24ClNO. The van der Waals surface area contributed by atoms with Gasteiger partial charge in [-0.25, -0.2) is 0 Å². The predicted octanol–water partition coefficient (Wildman–Crippen LogP) is 4.30. The van der Waals surface area contributed by atoms with Gasteiger partial charge in [0.25, 0.3) is 0 Å². The number of hydrogen-bond acceptors (Lipinski definition) is 1. The Balaban J connectivity index is 2.62. The quantitative estimate of drug-likeness (QED) is 0.765. The van der Waals surface area contributed by atoms with Crippen LogP contribution in [0, 0.1) is 0 Å². The van der Waals surface area contributed by atoms with Gasteiger partial charge in [-0.05, 0) is 44.3 Å². The summed E-state index contributed by atoms with van der Waals surface area (Å²) in [4.78, 5) is 12.2. The van der Waals surface area contributed by atoms with Crippen molar-refractivity contribution in [3.8, 4) is 0 Å². The van der Waals surface area contributed by atoms with Crippen molar-refractivity contribution in [2.75, 3.05) is 0 Å². The summed E-state index contributed by atoms with van der Waals surface area (Å²) in [5.74, 6) is 0.0883. The SMILES string of the molecule is CCCC(CCC)NC(=O)C1=CC(C)=C(Cl)CC1. The summed E-state index contributed by atoms with van der Waals surface area (Å²) in [6.07, 6.45) is 7.80. The molecule has 0 fully saturated rings. The Kier molecular flexibility index (Phi) is 6.48. The molecule has 0 aromatic rings. The van der Waals surface area contributed by atoms with E-state index in [9.17, 15) is 4.79 Å². The molecule has 2 nitrogen and oxygen atoms in total. The molecule has 0 aromatic carbocycles. The Bertz CT molecular complexity index is 352. The third-order valence-electron chi connectivity index (χ3n) is 3.33. The molecule has 0 saturated carbocycles. The second-order valence-electron chi connectivity index (χ2n) is 5.01. The van der Waals surface area contributed by atoms with Crippen molar-refractivity contribution in [3.63, 3.8) is 0 Å². The number of allylic oxidation sites excluding steroid dienone is 3. The molecule has 0 bridgehead atoms. The Morgan fingerprint density at radius 3 is 2.44 bits per heavy atom. The van der Waals surface area contributed by atoms with Gasteiger partial charge in [0.1, 0.15) is 0 Å². The van der Waals surface area contributed by atoms with Gasteiger partial charge in [0, 0.05) is 16.6 Å². The van der Waals surface area contributed by atoms with Crippen LogP contribution in [0.4, 0.5) is 0 Å². The summed E-state index contributed by atoms with van der Waals surface area (Å²) in [6, 6.07) is 0.315. The number of hydrogen-bond donors (Lipinski definition) is 1. The highest BCUT2D eigenvalue weighted by Gasteiger charge is 2.18. The Hall–Kier alpha value is -0.760. The maximum absolute atomic E-state index is 12.2. The minimum Gasteiger partial charge on any atom is -0.350 e. The van der Waals surface area contributed by atoms with Crippen molar-refractivity contribution < 1.29 is 4.79 Å². The van der Waals surface area contributed by atoms with E-state index in [1.54, 1.807) is 0 Å². The third kappa shape index (κ3) is 4.49. The lowest BCUT2D eigenvalue weighted by molar-refractivity contribution is -0.118. The highest BCUT2D eigenvalue weighted by Crippen LogP contribution is 2.26. The lowest BCUT2D eigenvalue weighted by Gasteiger charge is -2.20. The van der Waals surface area contributed by atoms with Crippen LogP contribution in [0.15, 0.2) is 22.3 Å². The van der Waals surface area contributed by atoms with E-state index in [2.05, 4.69) is 19.2 Å². The van der Waals surface area contributed by atoms with Gasteiger partial charge in [0.2, 0.25) is 5.91 Å². The lowest BCUT2D eigenvalue weighted by atomic mass is 9.98. The molecule has 1 aliphatic rings. The van der Waals surface area contributed by atoms with E-state index in [0.29, 0.717) is 6.04 Å². The fourth-order valence-corrected chi connectivity index (χ4v) is 2.45. The standard InChI is InChI=1S/C15H24ClNO/c1-4-6-13(7-5-2)17-15(18)12-8-9-14(16)11(3)10-12/h10,13H,4-9H2,1-3H3,(H,17,18). The van der Waals surface area contributed by atoms with Gasteiger partial charge < -0.3 is 5.32 Å². The lowest BCUT2D eigenvalue weighted by Crippen LogP contribution is -2.36. The van der Waals surface area contributed by atoms with E-state index in [-0.39, 0.29) is 5.91 Å². The Morgan fingerprint density at radius 1 is 1.33 bits per heavy atom. The van der Waals surface area contributed by atoms with Gasteiger partial charge in [0.15, 0.2) is 0 Å². The van der Waals surface area contributed by atoms with E-state index in [1.807, 2.05) is 13.0 Å². The van der Waals surface area contributed by atoms with Crippen LogP contribution in [0.25, 0.3) is 0 Å². The number of carbonyl (C=O) groups excluding carboxylic acids is 1. The fraction of sp³-hybridized carbons (Fsp3) is 0.667. The van der Waals surface area contributed by atoms with Crippen molar-refractivity contribution in [3.05, 3.63) is 22.3 Å². The summed E-state index contributed by atoms with van der Waals surface area (Å²) in [7, 11) is 0.